The van der Waals surface area contributed by atoms with Gasteiger partial charge >= 0.3 is 0 Å². The lowest BCUT2D eigenvalue weighted by Gasteiger charge is -2.30. The van der Waals surface area contributed by atoms with Gasteiger partial charge in [0.1, 0.15) is 0 Å². The lowest BCUT2D eigenvalue weighted by Crippen LogP contribution is -2.41. The first-order valence-corrected chi connectivity index (χ1v) is 6.19. The Balaban J connectivity index is 4.21. The maximum atomic E-state index is 11.9. The Kier molecular flexibility index (Phi) is 9.24. The lowest BCUT2D eigenvalue weighted by molar-refractivity contribution is -0.135. The number of rotatable bonds is 9. The van der Waals surface area contributed by atoms with Crippen LogP contribution in [0.5, 0.6) is 0 Å². The van der Waals surface area contributed by atoms with Gasteiger partial charge in [-0.3, -0.25) is 4.79 Å². The molecule has 0 spiro atoms. The molecule has 0 saturated heterocycles. The summed E-state index contributed by atoms with van der Waals surface area (Å²) < 4.78 is 5.17. The number of carbonyl (C=O) groups is 1. The zero-order chi connectivity index (χ0) is 12.4. The number of hydrogen-bond donors (Lipinski definition) is 1. The zero-order valence-corrected chi connectivity index (χ0v) is 10.7. The number of carbonyl (C=O) groups excluding carboxylic acids is 1. The van der Waals surface area contributed by atoms with E-state index in [9.17, 15) is 4.79 Å². The highest BCUT2D eigenvalue weighted by Crippen LogP contribution is 2.10. The van der Waals surface area contributed by atoms with Crippen molar-refractivity contribution in [3.63, 3.8) is 0 Å². The second-order valence-corrected chi connectivity index (χ2v) is 3.73. The van der Waals surface area contributed by atoms with Crippen LogP contribution in [0, 0.1) is 0 Å². The topological polar surface area (TPSA) is 49.8 Å². The lowest BCUT2D eigenvalue weighted by atomic mass is 10.1. The molecule has 0 aliphatic carbocycles. The van der Waals surface area contributed by atoms with E-state index in [1.54, 1.807) is 4.90 Å². The summed E-state index contributed by atoms with van der Waals surface area (Å²) in [6.07, 6.45) is 2.26. The second kappa shape index (κ2) is 9.60. The van der Waals surface area contributed by atoms with Crippen LogP contribution in [0.4, 0.5) is 0 Å². The van der Waals surface area contributed by atoms with Crippen molar-refractivity contribution < 1.29 is 14.6 Å². The van der Waals surface area contributed by atoms with Gasteiger partial charge in [0, 0.05) is 19.2 Å². The van der Waals surface area contributed by atoms with Crippen molar-refractivity contribution in [2.45, 2.75) is 46.1 Å². The highest BCUT2D eigenvalue weighted by Gasteiger charge is 2.19. The second-order valence-electron chi connectivity index (χ2n) is 3.73. The summed E-state index contributed by atoms with van der Waals surface area (Å²) in [4.78, 5) is 13.7. The Bertz CT molecular complexity index is 181. The zero-order valence-electron chi connectivity index (χ0n) is 10.7. The number of aliphatic hydroxyl groups excluding tert-OH is 1. The predicted octanol–water partition coefficient (Wildman–Crippen LogP) is 1.42. The number of aliphatic hydroxyl groups is 1. The number of amides is 1. The van der Waals surface area contributed by atoms with E-state index in [0.29, 0.717) is 26.2 Å². The molecule has 0 rings (SSSR count). The molecule has 4 nitrogen and oxygen atoms in total. The van der Waals surface area contributed by atoms with E-state index in [0.717, 1.165) is 12.8 Å². The summed E-state index contributed by atoms with van der Waals surface area (Å²) in [5, 5.41) is 8.97. The fraction of sp³-hybridized carbons (Fsp3) is 0.917. The molecule has 0 aromatic heterocycles. The van der Waals surface area contributed by atoms with Gasteiger partial charge in [-0.2, -0.15) is 0 Å². The van der Waals surface area contributed by atoms with Gasteiger partial charge in [0.05, 0.1) is 19.6 Å². The molecule has 0 aliphatic heterocycles. The van der Waals surface area contributed by atoms with Crippen molar-refractivity contribution in [2.24, 2.45) is 0 Å². The Morgan fingerprint density at radius 1 is 1.31 bits per heavy atom. The van der Waals surface area contributed by atoms with Crippen LogP contribution in [0.15, 0.2) is 0 Å². The maximum absolute atomic E-state index is 11.9. The Labute approximate surface area is 98.6 Å². The van der Waals surface area contributed by atoms with Gasteiger partial charge in [-0.15, -0.1) is 0 Å². The highest BCUT2D eigenvalue weighted by atomic mass is 16.5. The van der Waals surface area contributed by atoms with E-state index in [1.165, 1.54) is 0 Å². The largest absolute Gasteiger partial charge is 0.395 e. The summed E-state index contributed by atoms with van der Waals surface area (Å²) in [7, 11) is 0. The van der Waals surface area contributed by atoms with Crippen molar-refractivity contribution in [1.82, 2.24) is 4.90 Å². The van der Waals surface area contributed by atoms with Crippen molar-refractivity contribution in [2.75, 3.05) is 26.4 Å². The van der Waals surface area contributed by atoms with Crippen LogP contribution in [-0.2, 0) is 9.53 Å². The van der Waals surface area contributed by atoms with Crippen molar-refractivity contribution in [1.29, 1.82) is 0 Å². The van der Waals surface area contributed by atoms with E-state index in [2.05, 4.69) is 13.8 Å². The minimum atomic E-state index is 0.0247. The Morgan fingerprint density at radius 2 is 1.94 bits per heavy atom. The van der Waals surface area contributed by atoms with Gasteiger partial charge in [-0.25, -0.2) is 0 Å². The van der Waals surface area contributed by atoms with Crippen LogP contribution >= 0.6 is 0 Å². The van der Waals surface area contributed by atoms with Crippen LogP contribution in [0.1, 0.15) is 40.0 Å². The van der Waals surface area contributed by atoms with Crippen molar-refractivity contribution >= 4 is 5.91 Å². The smallest absolute Gasteiger partial charge is 0.225 e. The molecule has 0 atom stereocenters. The molecule has 96 valence electrons. The van der Waals surface area contributed by atoms with Crippen LogP contribution in [-0.4, -0.2) is 48.3 Å². The summed E-state index contributed by atoms with van der Waals surface area (Å²) in [6, 6.07) is 0.237. The molecular formula is C12H25NO3. The van der Waals surface area contributed by atoms with Gasteiger partial charge in [0.25, 0.3) is 0 Å². The van der Waals surface area contributed by atoms with Gasteiger partial charge in [-0.05, 0) is 19.8 Å². The minimum absolute atomic E-state index is 0.0247. The van der Waals surface area contributed by atoms with E-state index < -0.39 is 0 Å². The third-order valence-corrected chi connectivity index (χ3v) is 2.71. The SMILES string of the molecule is CCOCCC(=O)N(CCO)C(CC)CC. The van der Waals surface area contributed by atoms with E-state index in [-0.39, 0.29) is 18.6 Å². The summed E-state index contributed by atoms with van der Waals surface area (Å²) in [5.41, 5.74) is 0. The fourth-order valence-electron chi connectivity index (χ4n) is 1.80. The molecule has 0 bridgehead atoms. The van der Waals surface area contributed by atoms with Crippen LogP contribution in [0.25, 0.3) is 0 Å². The Hall–Kier alpha value is -0.610. The summed E-state index contributed by atoms with van der Waals surface area (Å²) in [6.45, 7) is 7.60. The molecule has 0 radical (unpaired) electrons. The molecule has 0 fully saturated rings. The monoisotopic (exact) mass is 231 g/mol. The van der Waals surface area contributed by atoms with Crippen molar-refractivity contribution in [3.05, 3.63) is 0 Å². The molecule has 0 aromatic rings. The minimum Gasteiger partial charge on any atom is -0.395 e. The standard InChI is InChI=1S/C12H25NO3/c1-4-11(5-2)13(8-9-14)12(15)7-10-16-6-3/h11,14H,4-10H2,1-3H3. The van der Waals surface area contributed by atoms with Crippen LogP contribution in [0.2, 0.25) is 0 Å². The molecule has 16 heavy (non-hydrogen) atoms. The first kappa shape index (κ1) is 15.4. The van der Waals surface area contributed by atoms with Gasteiger partial charge in [0.2, 0.25) is 5.91 Å². The Morgan fingerprint density at radius 3 is 2.38 bits per heavy atom. The predicted molar refractivity (Wildman–Crippen MR) is 64.3 cm³/mol. The molecule has 4 heteroatoms. The molecule has 0 aromatic carbocycles. The third-order valence-electron chi connectivity index (χ3n) is 2.71. The number of nitrogens with zero attached hydrogens (tertiary/aromatic N) is 1. The number of hydrogen-bond acceptors (Lipinski definition) is 3. The summed E-state index contributed by atoms with van der Waals surface area (Å²) in [5.74, 6) is 0.0798. The van der Waals surface area contributed by atoms with Gasteiger partial charge < -0.3 is 14.7 Å². The van der Waals surface area contributed by atoms with E-state index in [4.69, 9.17) is 9.84 Å². The third kappa shape index (κ3) is 5.47. The molecule has 0 heterocycles. The van der Waals surface area contributed by atoms with E-state index >= 15 is 0 Å². The molecule has 1 N–H and O–H groups in total. The average Bonchev–Trinajstić information content (AvgIpc) is 2.29. The van der Waals surface area contributed by atoms with Gasteiger partial charge in [0.15, 0.2) is 0 Å². The molecule has 0 unspecified atom stereocenters. The van der Waals surface area contributed by atoms with Gasteiger partial charge in [-0.1, -0.05) is 13.8 Å². The number of ether oxygens (including phenoxy) is 1. The van der Waals surface area contributed by atoms with Crippen molar-refractivity contribution in [3.8, 4) is 0 Å². The van der Waals surface area contributed by atoms with E-state index in [1.807, 2.05) is 6.92 Å². The molecular weight excluding hydrogens is 206 g/mol. The average molecular weight is 231 g/mol. The highest BCUT2D eigenvalue weighted by molar-refractivity contribution is 5.76. The molecule has 1 amide bonds. The first-order chi connectivity index (χ1) is 7.71. The van der Waals surface area contributed by atoms with Crippen LogP contribution < -0.4 is 0 Å². The maximum Gasteiger partial charge on any atom is 0.225 e. The first-order valence-electron chi connectivity index (χ1n) is 6.19. The summed E-state index contributed by atoms with van der Waals surface area (Å²) >= 11 is 0. The fourth-order valence-corrected chi connectivity index (χ4v) is 1.80. The molecule has 0 aliphatic rings. The van der Waals surface area contributed by atoms with Crippen LogP contribution in [0.3, 0.4) is 0 Å². The quantitative estimate of drug-likeness (QED) is 0.611. The molecule has 0 saturated carbocycles. The normalized spacial score (nSPS) is 10.8.